The molecule has 0 aliphatic carbocycles. The molecule has 14 heavy (non-hydrogen) atoms. The van der Waals surface area contributed by atoms with Gasteiger partial charge in [-0.2, -0.15) is 0 Å². The van der Waals surface area contributed by atoms with E-state index in [1.54, 1.807) is 0 Å². The average molecular weight is 198 g/mol. The Hall–Kier alpha value is 0.0499. The fourth-order valence-electron chi connectivity index (χ4n) is 1.25. The van der Waals surface area contributed by atoms with Crippen LogP contribution < -0.4 is 0 Å². The van der Waals surface area contributed by atoms with Gasteiger partial charge in [0.05, 0.1) is 12.8 Å². The normalized spacial score (nSPS) is 12.7. The van der Waals surface area contributed by atoms with Gasteiger partial charge in [-0.15, -0.1) is 0 Å². The summed E-state index contributed by atoms with van der Waals surface area (Å²) in [5.41, 5.74) is -0.651. The molecule has 0 aromatic rings. The van der Waals surface area contributed by atoms with Gasteiger partial charge in [0, 0.05) is 12.1 Å². The zero-order chi connectivity index (χ0) is 11.2. The third kappa shape index (κ3) is 8.64. The predicted octanol–water partition coefficient (Wildman–Crippen LogP) is 1.13. The van der Waals surface area contributed by atoms with Crippen molar-refractivity contribution < 1.29 is 9.84 Å². The van der Waals surface area contributed by atoms with Gasteiger partial charge in [0.1, 0.15) is 7.17 Å². The van der Waals surface area contributed by atoms with Gasteiger partial charge in [0.15, 0.2) is 0 Å². The van der Waals surface area contributed by atoms with Crippen LogP contribution in [-0.4, -0.2) is 37.2 Å². The summed E-state index contributed by atoms with van der Waals surface area (Å²) in [6.07, 6.45) is 1.90. The van der Waals surface area contributed by atoms with Crippen LogP contribution in [0.15, 0.2) is 0 Å². The number of rotatable bonds is 7. The maximum absolute atomic E-state index is 9.51. The second-order valence-electron chi connectivity index (χ2n) is 5.27. The van der Waals surface area contributed by atoms with Gasteiger partial charge in [-0.25, -0.2) is 0 Å². The van der Waals surface area contributed by atoms with Crippen LogP contribution in [0.3, 0.4) is 0 Å². The fourth-order valence-corrected chi connectivity index (χ4v) is 1.25. The largest absolute Gasteiger partial charge is 0.390 e. The summed E-state index contributed by atoms with van der Waals surface area (Å²) in [7, 11) is 2.30. The summed E-state index contributed by atoms with van der Waals surface area (Å²) in [5.74, 6) is 0. The highest BCUT2D eigenvalue weighted by Crippen LogP contribution is 2.12. The lowest BCUT2D eigenvalue weighted by molar-refractivity contribution is -0.00667. The van der Waals surface area contributed by atoms with Gasteiger partial charge in [0.2, 0.25) is 0 Å². The number of hydrogen-bond acceptors (Lipinski definition) is 2. The molecule has 0 aliphatic rings. The fraction of sp³-hybridized carbons (Fsp3) is 1.00. The third-order valence-corrected chi connectivity index (χ3v) is 2.34. The summed E-state index contributed by atoms with van der Waals surface area (Å²) < 4.78 is 5.75. The van der Waals surface area contributed by atoms with Gasteiger partial charge in [-0.05, 0) is 34.1 Å². The van der Waals surface area contributed by atoms with Gasteiger partial charge in [0.25, 0.3) is 0 Å². The van der Waals surface area contributed by atoms with Crippen LogP contribution >= 0.6 is 0 Å². The summed E-state index contributed by atoms with van der Waals surface area (Å²) in [6.45, 7) is 10.7. The SMILES string of the molecule is CCBBC(C)(C)OCCC(C)(C)O. The molecular formula is C10H24B2O2. The number of hydrogen-bond donors (Lipinski definition) is 1. The Kier molecular flexibility index (Phi) is 5.84. The summed E-state index contributed by atoms with van der Waals surface area (Å²) in [4.78, 5) is 0. The molecule has 0 rings (SSSR count). The molecule has 82 valence electrons. The maximum atomic E-state index is 9.51. The lowest BCUT2D eigenvalue weighted by Gasteiger charge is -2.26. The molecule has 2 nitrogen and oxygen atoms in total. The van der Waals surface area contributed by atoms with Crippen LogP contribution in [0, 0.1) is 0 Å². The highest BCUT2D eigenvalue weighted by Gasteiger charge is 2.20. The molecule has 0 atom stereocenters. The molecule has 0 aliphatic heterocycles. The first-order chi connectivity index (χ1) is 6.27. The molecular weight excluding hydrogens is 174 g/mol. The zero-order valence-electron chi connectivity index (χ0n) is 10.4. The molecule has 0 unspecified atom stereocenters. The Labute approximate surface area is 89.9 Å². The van der Waals surface area contributed by atoms with E-state index in [4.69, 9.17) is 4.74 Å². The molecule has 0 heterocycles. The topological polar surface area (TPSA) is 29.5 Å². The first-order valence-electron chi connectivity index (χ1n) is 5.63. The van der Waals surface area contributed by atoms with Crippen molar-refractivity contribution in [3.05, 3.63) is 0 Å². The molecule has 0 aromatic heterocycles. The molecule has 0 fully saturated rings. The minimum atomic E-state index is -0.610. The summed E-state index contributed by atoms with van der Waals surface area (Å²) >= 11 is 0. The standard InChI is InChI=1S/C10H24B2O2/c1-6-11-12-10(4,5)14-8-7-9(2,3)13/h11-13H,6-8H2,1-5H3. The van der Waals surface area contributed by atoms with Crippen molar-refractivity contribution in [1.29, 1.82) is 0 Å². The molecule has 0 saturated carbocycles. The minimum absolute atomic E-state index is 0.0404. The lowest BCUT2D eigenvalue weighted by Crippen LogP contribution is -2.37. The van der Waals surface area contributed by atoms with Crippen LogP contribution in [-0.2, 0) is 4.74 Å². The molecule has 0 spiro atoms. The van der Waals surface area contributed by atoms with E-state index in [9.17, 15) is 5.11 Å². The van der Waals surface area contributed by atoms with Crippen molar-refractivity contribution >= 4 is 14.3 Å². The first-order valence-corrected chi connectivity index (χ1v) is 5.63. The molecule has 0 aromatic carbocycles. The maximum Gasteiger partial charge on any atom is 0.127 e. The predicted molar refractivity (Wildman–Crippen MR) is 65.7 cm³/mol. The van der Waals surface area contributed by atoms with Crippen molar-refractivity contribution in [2.75, 3.05) is 6.61 Å². The van der Waals surface area contributed by atoms with Gasteiger partial charge in [-0.3, -0.25) is 0 Å². The second-order valence-corrected chi connectivity index (χ2v) is 5.27. The van der Waals surface area contributed by atoms with E-state index < -0.39 is 5.60 Å². The minimum Gasteiger partial charge on any atom is -0.390 e. The second kappa shape index (κ2) is 5.82. The summed E-state index contributed by atoms with van der Waals surface area (Å²) in [5, 5.41) is 9.51. The average Bonchev–Trinajstić information content (AvgIpc) is 1.98. The van der Waals surface area contributed by atoms with Crippen LogP contribution in [0.5, 0.6) is 0 Å². The van der Waals surface area contributed by atoms with E-state index in [1.807, 2.05) is 13.8 Å². The highest BCUT2D eigenvalue weighted by molar-refractivity contribution is 7.01. The van der Waals surface area contributed by atoms with Crippen molar-refractivity contribution in [1.82, 2.24) is 0 Å². The van der Waals surface area contributed by atoms with E-state index in [-0.39, 0.29) is 5.50 Å². The van der Waals surface area contributed by atoms with E-state index in [1.165, 1.54) is 13.5 Å². The number of ether oxygens (including phenoxy) is 1. The monoisotopic (exact) mass is 198 g/mol. The molecule has 0 radical (unpaired) electrons. The van der Waals surface area contributed by atoms with E-state index in [0.717, 1.165) is 7.17 Å². The lowest BCUT2D eigenvalue weighted by atomic mass is 9.32. The quantitative estimate of drug-likeness (QED) is 0.621. The smallest absolute Gasteiger partial charge is 0.127 e. The Morgan fingerprint density at radius 2 is 1.79 bits per heavy atom. The van der Waals surface area contributed by atoms with Gasteiger partial charge >= 0.3 is 0 Å². The molecule has 0 saturated heterocycles. The van der Waals surface area contributed by atoms with Crippen LogP contribution in [0.4, 0.5) is 0 Å². The summed E-state index contributed by atoms with van der Waals surface area (Å²) in [6, 6.07) is 0. The van der Waals surface area contributed by atoms with Crippen molar-refractivity contribution in [3.8, 4) is 0 Å². The van der Waals surface area contributed by atoms with Crippen LogP contribution in [0.25, 0.3) is 0 Å². The Bertz CT molecular complexity index is 153. The zero-order valence-corrected chi connectivity index (χ0v) is 10.4. The van der Waals surface area contributed by atoms with Crippen molar-refractivity contribution in [2.45, 2.75) is 58.5 Å². The van der Waals surface area contributed by atoms with E-state index in [0.29, 0.717) is 13.0 Å². The van der Waals surface area contributed by atoms with Crippen molar-refractivity contribution in [2.24, 2.45) is 0 Å². The molecule has 4 heteroatoms. The van der Waals surface area contributed by atoms with E-state index >= 15 is 0 Å². The highest BCUT2D eigenvalue weighted by atomic mass is 16.5. The third-order valence-electron chi connectivity index (χ3n) is 2.34. The Morgan fingerprint density at radius 3 is 2.21 bits per heavy atom. The van der Waals surface area contributed by atoms with E-state index in [2.05, 4.69) is 20.8 Å². The Morgan fingerprint density at radius 1 is 1.21 bits per heavy atom. The van der Waals surface area contributed by atoms with Crippen molar-refractivity contribution in [3.63, 3.8) is 0 Å². The Balaban J connectivity index is 3.65. The first kappa shape index (κ1) is 14.0. The van der Waals surface area contributed by atoms with Gasteiger partial charge in [-0.1, -0.05) is 13.2 Å². The van der Waals surface area contributed by atoms with Gasteiger partial charge < -0.3 is 9.84 Å². The van der Waals surface area contributed by atoms with Crippen LogP contribution in [0.1, 0.15) is 41.0 Å². The molecule has 0 amide bonds. The number of aliphatic hydroxyl groups is 1. The van der Waals surface area contributed by atoms with Crippen LogP contribution in [0.2, 0.25) is 6.32 Å². The molecule has 1 N–H and O–H groups in total. The molecule has 0 bridgehead atoms.